The van der Waals surface area contributed by atoms with Gasteiger partial charge in [0.05, 0.1) is 43.3 Å². The van der Waals surface area contributed by atoms with Crippen LogP contribution in [0.1, 0.15) is 22.5 Å². The Kier molecular flexibility index (Phi) is 8.56. The van der Waals surface area contributed by atoms with E-state index in [1.165, 1.54) is 0 Å². The molecule has 0 saturated heterocycles. The highest BCUT2D eigenvalue weighted by Gasteiger charge is 2.28. The molecule has 9 nitrogen and oxygen atoms in total. The molecule has 0 atom stereocenters. The second-order valence-corrected chi connectivity index (χ2v) is 8.77. The molecule has 1 aromatic heterocycles. The van der Waals surface area contributed by atoms with E-state index in [-0.39, 0.29) is 6.03 Å². The van der Waals surface area contributed by atoms with Gasteiger partial charge in [0.15, 0.2) is 0 Å². The highest BCUT2D eigenvalue weighted by Crippen LogP contribution is 2.30. The number of methoxy groups -OCH3 is 2. The van der Waals surface area contributed by atoms with Crippen molar-refractivity contribution >= 4 is 11.7 Å². The Morgan fingerprint density at radius 1 is 1.27 bits per heavy atom. The summed E-state index contributed by atoms with van der Waals surface area (Å²) >= 11 is 0. The average Bonchev–Trinajstić information content (AvgIpc) is 3.28. The van der Waals surface area contributed by atoms with Crippen molar-refractivity contribution in [2.75, 3.05) is 45.8 Å². The molecule has 2 heterocycles. The number of anilines is 1. The van der Waals surface area contributed by atoms with E-state index in [2.05, 4.69) is 22.9 Å². The highest BCUT2D eigenvalue weighted by atomic mass is 16.5. The lowest BCUT2D eigenvalue weighted by Crippen LogP contribution is -2.37. The first-order valence-corrected chi connectivity index (χ1v) is 12.2. The third-order valence-corrected chi connectivity index (χ3v) is 6.36. The van der Waals surface area contributed by atoms with Crippen molar-refractivity contribution in [2.24, 2.45) is 0 Å². The Balaban J connectivity index is 1.68. The number of nitriles is 1. The molecule has 0 spiro atoms. The first kappa shape index (κ1) is 25.9. The molecule has 4 rings (SSSR count). The number of para-hydroxylation sites is 2. The smallest absolute Gasteiger partial charge is 0.322 e. The van der Waals surface area contributed by atoms with Crippen LogP contribution in [0, 0.1) is 11.3 Å². The molecule has 9 heteroatoms. The Morgan fingerprint density at radius 2 is 2.11 bits per heavy atom. The Hall–Kier alpha value is -4.13. The lowest BCUT2D eigenvalue weighted by molar-refractivity contribution is 0.152. The summed E-state index contributed by atoms with van der Waals surface area (Å²) in [5.74, 6) is 0.735. The van der Waals surface area contributed by atoms with Gasteiger partial charge in [-0.2, -0.15) is 10.4 Å². The zero-order valence-electron chi connectivity index (χ0n) is 21.3. The number of ether oxygens (including phenoxy) is 2. The van der Waals surface area contributed by atoms with Crippen molar-refractivity contribution in [2.45, 2.75) is 19.5 Å². The molecule has 0 aliphatic carbocycles. The third kappa shape index (κ3) is 6.00. The number of carbonyl (C=O) groups excluding carboxylic acids is 1. The van der Waals surface area contributed by atoms with E-state index in [1.54, 1.807) is 43.4 Å². The number of aromatic nitrogens is 2. The van der Waals surface area contributed by atoms with Crippen LogP contribution in [0.2, 0.25) is 0 Å². The SMILES string of the molecule is C=CCN1CCc2c(c(CN(CCOC)C(=O)Nc3cccc(C#N)c3)nn2-c2ccccc2OC)C1. The molecular formula is C28H32N6O3. The van der Waals surface area contributed by atoms with Crippen LogP contribution in [-0.4, -0.2) is 66.1 Å². The van der Waals surface area contributed by atoms with Crippen molar-refractivity contribution in [3.05, 3.63) is 83.7 Å². The number of hydrogen-bond donors (Lipinski definition) is 1. The van der Waals surface area contributed by atoms with Gasteiger partial charge in [0.1, 0.15) is 11.4 Å². The summed E-state index contributed by atoms with van der Waals surface area (Å²) in [6.07, 6.45) is 2.72. The van der Waals surface area contributed by atoms with E-state index in [0.717, 1.165) is 54.4 Å². The van der Waals surface area contributed by atoms with Gasteiger partial charge in [0.25, 0.3) is 0 Å². The van der Waals surface area contributed by atoms with Crippen LogP contribution < -0.4 is 10.1 Å². The molecule has 192 valence electrons. The zero-order chi connectivity index (χ0) is 26.2. The van der Waals surface area contributed by atoms with Crippen LogP contribution in [-0.2, 0) is 24.2 Å². The van der Waals surface area contributed by atoms with E-state index in [1.807, 2.05) is 35.0 Å². The highest BCUT2D eigenvalue weighted by molar-refractivity contribution is 5.89. The Morgan fingerprint density at radius 3 is 2.86 bits per heavy atom. The number of nitrogens with one attached hydrogen (secondary N) is 1. The molecule has 2 aromatic carbocycles. The van der Waals surface area contributed by atoms with Gasteiger partial charge in [-0.15, -0.1) is 6.58 Å². The number of urea groups is 1. The van der Waals surface area contributed by atoms with Gasteiger partial charge in [-0.25, -0.2) is 9.48 Å². The maximum atomic E-state index is 13.3. The quantitative estimate of drug-likeness (QED) is 0.423. The number of nitrogens with zero attached hydrogens (tertiary/aromatic N) is 5. The second kappa shape index (κ2) is 12.2. The number of fused-ring (bicyclic) bond motifs is 1. The predicted octanol–water partition coefficient (Wildman–Crippen LogP) is 3.98. The number of carbonyl (C=O) groups is 1. The summed E-state index contributed by atoms with van der Waals surface area (Å²) in [6, 6.07) is 16.5. The molecule has 0 fully saturated rings. The number of hydrogen-bond acceptors (Lipinski definition) is 6. The molecule has 1 N–H and O–H groups in total. The van der Waals surface area contributed by atoms with Gasteiger partial charge in [-0.1, -0.05) is 24.3 Å². The van der Waals surface area contributed by atoms with E-state index in [4.69, 9.17) is 14.6 Å². The van der Waals surface area contributed by atoms with Crippen LogP contribution in [0.25, 0.3) is 5.69 Å². The van der Waals surface area contributed by atoms with E-state index in [0.29, 0.717) is 30.9 Å². The van der Waals surface area contributed by atoms with Crippen molar-refractivity contribution in [3.8, 4) is 17.5 Å². The van der Waals surface area contributed by atoms with Crippen molar-refractivity contribution < 1.29 is 14.3 Å². The molecule has 0 unspecified atom stereocenters. The number of amides is 2. The first-order chi connectivity index (χ1) is 18.1. The van der Waals surface area contributed by atoms with Crippen LogP contribution >= 0.6 is 0 Å². The Bertz CT molecular complexity index is 1300. The molecule has 37 heavy (non-hydrogen) atoms. The monoisotopic (exact) mass is 500 g/mol. The van der Waals surface area contributed by atoms with Crippen molar-refractivity contribution in [1.82, 2.24) is 19.6 Å². The van der Waals surface area contributed by atoms with Crippen LogP contribution in [0.4, 0.5) is 10.5 Å². The molecule has 1 aliphatic rings. The third-order valence-electron chi connectivity index (χ3n) is 6.36. The zero-order valence-corrected chi connectivity index (χ0v) is 21.3. The topological polar surface area (TPSA) is 95.6 Å². The van der Waals surface area contributed by atoms with Crippen LogP contribution in [0.3, 0.4) is 0 Å². The molecule has 0 bridgehead atoms. The largest absolute Gasteiger partial charge is 0.494 e. The fourth-order valence-electron chi connectivity index (χ4n) is 4.51. The number of rotatable bonds is 10. The number of benzene rings is 2. The molecular weight excluding hydrogens is 468 g/mol. The minimum absolute atomic E-state index is 0.286. The maximum Gasteiger partial charge on any atom is 0.322 e. The summed E-state index contributed by atoms with van der Waals surface area (Å²) in [7, 11) is 3.26. The predicted molar refractivity (Wildman–Crippen MR) is 142 cm³/mol. The second-order valence-electron chi connectivity index (χ2n) is 8.77. The average molecular weight is 501 g/mol. The van der Waals surface area contributed by atoms with Gasteiger partial charge in [0.2, 0.25) is 0 Å². The summed E-state index contributed by atoms with van der Waals surface area (Å²) < 4.78 is 12.9. The van der Waals surface area contributed by atoms with Crippen LogP contribution in [0.15, 0.2) is 61.2 Å². The van der Waals surface area contributed by atoms with Gasteiger partial charge in [0, 0.05) is 51.0 Å². The van der Waals surface area contributed by atoms with Gasteiger partial charge >= 0.3 is 6.03 Å². The molecule has 0 radical (unpaired) electrons. The van der Waals surface area contributed by atoms with Crippen molar-refractivity contribution in [3.63, 3.8) is 0 Å². The van der Waals surface area contributed by atoms with Gasteiger partial charge < -0.3 is 19.7 Å². The first-order valence-electron chi connectivity index (χ1n) is 12.2. The van der Waals surface area contributed by atoms with E-state index >= 15 is 0 Å². The van der Waals surface area contributed by atoms with Crippen molar-refractivity contribution in [1.29, 1.82) is 5.26 Å². The summed E-state index contributed by atoms with van der Waals surface area (Å²) in [5, 5.41) is 17.1. The summed E-state index contributed by atoms with van der Waals surface area (Å²) in [6.45, 7) is 7.35. The molecule has 0 saturated carbocycles. The molecule has 3 aromatic rings. The normalized spacial score (nSPS) is 12.9. The molecule has 1 aliphatic heterocycles. The minimum Gasteiger partial charge on any atom is -0.494 e. The minimum atomic E-state index is -0.286. The lowest BCUT2D eigenvalue weighted by Gasteiger charge is -2.27. The Labute approximate surface area is 217 Å². The van der Waals surface area contributed by atoms with E-state index < -0.39 is 0 Å². The standard InChI is InChI=1S/C28H32N6O3/c1-4-13-32-14-12-25-23(19-32)24(31-34(25)26-10-5-6-11-27(26)37-3)20-33(15-16-36-2)28(35)30-22-9-7-8-21(17-22)18-29/h4-11,17H,1,12-16,19-20H2,2-3H3,(H,30,35). The van der Waals surface area contributed by atoms with E-state index in [9.17, 15) is 10.1 Å². The maximum absolute atomic E-state index is 13.3. The fraction of sp³-hybridized carbons (Fsp3) is 0.321. The summed E-state index contributed by atoms with van der Waals surface area (Å²) in [4.78, 5) is 17.3. The lowest BCUT2D eigenvalue weighted by atomic mass is 10.0. The summed E-state index contributed by atoms with van der Waals surface area (Å²) in [5.41, 5.74) is 4.96. The van der Waals surface area contributed by atoms with Gasteiger partial charge in [-0.3, -0.25) is 4.90 Å². The fourth-order valence-corrected chi connectivity index (χ4v) is 4.51. The van der Waals surface area contributed by atoms with Gasteiger partial charge in [-0.05, 0) is 30.3 Å². The van der Waals surface area contributed by atoms with Crippen LogP contribution in [0.5, 0.6) is 5.75 Å². The molecule has 2 amide bonds.